The van der Waals surface area contributed by atoms with Crippen molar-refractivity contribution >= 4 is 31.7 Å². The fourth-order valence-corrected chi connectivity index (χ4v) is 24.1. The maximum Gasteiger partial charge on any atom is 0.0209 e. The van der Waals surface area contributed by atoms with Crippen LogP contribution in [-0.2, 0) is 0 Å². The molecule has 0 nitrogen and oxygen atoms in total. The topological polar surface area (TPSA) is 0 Å². The maximum absolute atomic E-state index is 2.80. The van der Waals surface area contributed by atoms with Crippen LogP contribution >= 0.6 is 31.7 Å². The second kappa shape index (κ2) is 12.2. The van der Waals surface area contributed by atoms with Crippen molar-refractivity contribution in [1.29, 1.82) is 0 Å². The molecule has 24 heavy (non-hydrogen) atoms. The van der Waals surface area contributed by atoms with Gasteiger partial charge in [-0.25, -0.2) is 0 Å². The summed E-state index contributed by atoms with van der Waals surface area (Å²) < 4.78 is 0. The van der Waals surface area contributed by atoms with Crippen molar-refractivity contribution in [3.8, 4) is 0 Å². The molecule has 0 aliphatic rings. The van der Waals surface area contributed by atoms with Crippen LogP contribution in [0.4, 0.5) is 0 Å². The first-order valence-electron chi connectivity index (χ1n) is 10.3. The standard InChI is InChI=1S/C20H46P4/c1-11-21(12-2)19(9,22(13-3)14-4)20(10,23(15-5)16-6)24(17-7)18-8/h11-18H2,1-10H3. The molecular weight excluding hydrogens is 364 g/mol. The van der Waals surface area contributed by atoms with Gasteiger partial charge in [-0.05, 0) is 49.3 Å². The SMILES string of the molecule is CCP(CC)C(C)(P(CC)CC)C(C)(P(CC)CC)P(CC)CC. The van der Waals surface area contributed by atoms with Gasteiger partial charge in [0.15, 0.2) is 0 Å². The molecule has 146 valence electrons. The quantitative estimate of drug-likeness (QED) is 0.267. The molecule has 0 aliphatic heterocycles. The van der Waals surface area contributed by atoms with Gasteiger partial charge in [0.2, 0.25) is 0 Å². The van der Waals surface area contributed by atoms with Crippen LogP contribution in [0.5, 0.6) is 0 Å². The Balaban J connectivity index is 6.55. The third-order valence-electron chi connectivity index (χ3n) is 6.41. The summed E-state index contributed by atoms with van der Waals surface area (Å²) >= 11 is 0. The Hall–Kier alpha value is 1.72. The molecule has 0 heterocycles. The Bertz CT molecular complexity index is 260. The van der Waals surface area contributed by atoms with Crippen molar-refractivity contribution in [1.82, 2.24) is 0 Å². The molecule has 0 spiro atoms. The fourth-order valence-electron chi connectivity index (χ4n) is 4.96. The average molecular weight is 410 g/mol. The summed E-state index contributed by atoms with van der Waals surface area (Å²) in [5, 5.41) is 0. The minimum atomic E-state index is 0.133. The Kier molecular flexibility index (Phi) is 13.1. The lowest BCUT2D eigenvalue weighted by atomic mass is 10.3. The molecule has 0 saturated heterocycles. The van der Waals surface area contributed by atoms with Gasteiger partial charge in [-0.15, -0.1) is 0 Å². The van der Waals surface area contributed by atoms with Crippen LogP contribution in [0.25, 0.3) is 0 Å². The first-order chi connectivity index (χ1) is 11.3. The van der Waals surface area contributed by atoms with Gasteiger partial charge in [-0.2, -0.15) is 0 Å². The number of hydrogen-bond acceptors (Lipinski definition) is 0. The maximum atomic E-state index is 2.80. The summed E-state index contributed by atoms with van der Waals surface area (Å²) in [5.74, 6) is 0. The van der Waals surface area contributed by atoms with E-state index >= 15 is 0 Å². The molecule has 0 aromatic rings. The van der Waals surface area contributed by atoms with E-state index in [-0.39, 0.29) is 31.7 Å². The second-order valence-corrected chi connectivity index (χ2v) is 20.4. The summed E-state index contributed by atoms with van der Waals surface area (Å²) in [7, 11) is 0.531. The number of rotatable bonds is 13. The van der Waals surface area contributed by atoms with Crippen molar-refractivity contribution in [3.63, 3.8) is 0 Å². The lowest BCUT2D eigenvalue weighted by Crippen LogP contribution is -2.47. The summed E-state index contributed by atoms with van der Waals surface area (Å²) in [4.78, 5) is 1.25. The Morgan fingerprint density at radius 1 is 0.375 bits per heavy atom. The van der Waals surface area contributed by atoms with E-state index in [0.29, 0.717) is 9.79 Å². The zero-order valence-electron chi connectivity index (χ0n) is 18.4. The van der Waals surface area contributed by atoms with Crippen LogP contribution in [0.3, 0.4) is 0 Å². The summed E-state index contributed by atoms with van der Waals surface area (Å²) in [6.45, 7) is 25.5. The highest BCUT2D eigenvalue weighted by molar-refractivity contribution is 7.85. The Morgan fingerprint density at radius 2 is 0.500 bits per heavy atom. The van der Waals surface area contributed by atoms with E-state index in [4.69, 9.17) is 0 Å². The van der Waals surface area contributed by atoms with Gasteiger partial charge < -0.3 is 0 Å². The van der Waals surface area contributed by atoms with Gasteiger partial charge in [0.25, 0.3) is 0 Å². The van der Waals surface area contributed by atoms with Gasteiger partial charge in [0.05, 0.1) is 0 Å². The molecule has 4 heteroatoms. The highest BCUT2D eigenvalue weighted by Gasteiger charge is 2.56. The molecule has 0 atom stereocenters. The molecule has 0 saturated carbocycles. The van der Waals surface area contributed by atoms with Crippen LogP contribution in [-0.4, -0.2) is 59.1 Å². The second-order valence-electron chi connectivity index (χ2n) is 6.73. The van der Waals surface area contributed by atoms with Gasteiger partial charge in [-0.1, -0.05) is 101 Å². The highest BCUT2D eigenvalue weighted by Crippen LogP contribution is 2.84. The van der Waals surface area contributed by atoms with Crippen LogP contribution < -0.4 is 0 Å². The molecule has 0 aliphatic carbocycles. The monoisotopic (exact) mass is 410 g/mol. The van der Waals surface area contributed by atoms with Gasteiger partial charge in [0.1, 0.15) is 0 Å². The van der Waals surface area contributed by atoms with Crippen molar-refractivity contribution in [2.24, 2.45) is 0 Å². The predicted octanol–water partition coefficient (Wildman–Crippen LogP) is 8.51. The highest BCUT2D eigenvalue weighted by atomic mass is 31.2. The lowest BCUT2D eigenvalue weighted by molar-refractivity contribution is 0.746. The van der Waals surface area contributed by atoms with Crippen LogP contribution in [0, 0.1) is 0 Å². The van der Waals surface area contributed by atoms with E-state index in [2.05, 4.69) is 69.2 Å². The Labute approximate surface area is 160 Å². The molecule has 0 radical (unpaired) electrons. The minimum Gasteiger partial charge on any atom is -0.0954 e. The van der Waals surface area contributed by atoms with Gasteiger partial charge in [0, 0.05) is 9.79 Å². The Morgan fingerprint density at radius 3 is 0.583 bits per heavy atom. The van der Waals surface area contributed by atoms with E-state index in [1.165, 1.54) is 49.3 Å². The lowest BCUT2D eigenvalue weighted by Gasteiger charge is -2.61. The smallest absolute Gasteiger partial charge is 0.0209 e. The first-order valence-corrected chi connectivity index (χ1v) is 17.2. The largest absolute Gasteiger partial charge is 0.0954 e. The normalized spacial score (nSPS) is 13.8. The van der Waals surface area contributed by atoms with Crippen molar-refractivity contribution in [3.05, 3.63) is 0 Å². The van der Waals surface area contributed by atoms with Crippen molar-refractivity contribution in [2.45, 2.75) is 79.0 Å². The predicted molar refractivity (Wildman–Crippen MR) is 129 cm³/mol. The molecule has 0 bridgehead atoms. The molecule has 0 amide bonds. The molecule has 0 fully saturated rings. The molecule has 0 aromatic carbocycles. The van der Waals surface area contributed by atoms with E-state index in [9.17, 15) is 0 Å². The summed E-state index contributed by atoms with van der Waals surface area (Å²) in [6.07, 6.45) is 11.5. The van der Waals surface area contributed by atoms with Crippen molar-refractivity contribution in [2.75, 3.05) is 49.3 Å². The van der Waals surface area contributed by atoms with E-state index in [1.807, 2.05) is 0 Å². The van der Waals surface area contributed by atoms with Crippen LogP contribution in [0.2, 0.25) is 0 Å². The number of hydrogen-bond donors (Lipinski definition) is 0. The summed E-state index contributed by atoms with van der Waals surface area (Å²) in [6, 6.07) is 0. The van der Waals surface area contributed by atoms with Gasteiger partial charge in [-0.3, -0.25) is 0 Å². The fraction of sp³-hybridized carbons (Fsp3) is 1.00. The molecule has 0 unspecified atom stereocenters. The van der Waals surface area contributed by atoms with Crippen LogP contribution in [0.1, 0.15) is 69.2 Å². The molecule has 0 N–H and O–H groups in total. The third kappa shape index (κ3) is 4.76. The minimum absolute atomic E-state index is 0.133. The molecular formula is C20H46P4. The third-order valence-corrected chi connectivity index (χ3v) is 23.3. The summed E-state index contributed by atoms with van der Waals surface area (Å²) in [5.41, 5.74) is 0. The van der Waals surface area contributed by atoms with E-state index in [0.717, 1.165) is 0 Å². The van der Waals surface area contributed by atoms with E-state index < -0.39 is 0 Å². The first kappa shape index (κ1) is 25.7. The average Bonchev–Trinajstić information content (AvgIpc) is 2.58. The van der Waals surface area contributed by atoms with E-state index in [1.54, 1.807) is 0 Å². The molecule has 0 rings (SSSR count). The van der Waals surface area contributed by atoms with Crippen LogP contribution in [0.15, 0.2) is 0 Å². The molecule has 0 aromatic heterocycles. The van der Waals surface area contributed by atoms with Crippen molar-refractivity contribution < 1.29 is 0 Å². The zero-order chi connectivity index (χ0) is 19.0. The van der Waals surface area contributed by atoms with Gasteiger partial charge >= 0.3 is 0 Å². The zero-order valence-corrected chi connectivity index (χ0v) is 22.0.